The number of rotatable bonds is 8. The number of piperidine rings is 1. The molecular weight excluding hydrogens is 431 g/mol. The summed E-state index contributed by atoms with van der Waals surface area (Å²) < 4.78 is 25.1. The van der Waals surface area contributed by atoms with Crippen molar-refractivity contribution < 1.29 is 18.3 Å². The van der Waals surface area contributed by atoms with E-state index < -0.39 is 0 Å². The molecule has 0 radical (unpaired) electrons. The van der Waals surface area contributed by atoms with Gasteiger partial charge >= 0.3 is 0 Å². The molecule has 34 heavy (non-hydrogen) atoms. The maximum Gasteiger partial charge on any atom is 0.246 e. The highest BCUT2D eigenvalue weighted by atomic mass is 19.1. The summed E-state index contributed by atoms with van der Waals surface area (Å²) >= 11 is 0. The van der Waals surface area contributed by atoms with E-state index in [-0.39, 0.29) is 23.9 Å². The minimum atomic E-state index is -0.310. The van der Waals surface area contributed by atoms with Crippen molar-refractivity contribution in [1.82, 2.24) is 9.80 Å². The average molecular weight is 463 g/mol. The van der Waals surface area contributed by atoms with Crippen molar-refractivity contribution in [2.24, 2.45) is 0 Å². The van der Waals surface area contributed by atoms with Crippen LogP contribution in [-0.2, 0) is 11.3 Å². The van der Waals surface area contributed by atoms with Crippen LogP contribution in [0.1, 0.15) is 42.7 Å². The van der Waals surface area contributed by atoms with Crippen LogP contribution in [-0.4, -0.2) is 41.9 Å². The molecule has 178 valence electrons. The third-order valence-corrected chi connectivity index (χ3v) is 6.27. The van der Waals surface area contributed by atoms with E-state index in [4.69, 9.17) is 9.15 Å². The fourth-order valence-electron chi connectivity index (χ4n) is 4.16. The van der Waals surface area contributed by atoms with E-state index in [1.54, 1.807) is 24.5 Å². The lowest BCUT2D eigenvalue weighted by atomic mass is 10.1. The quantitative estimate of drug-likeness (QED) is 0.403. The van der Waals surface area contributed by atoms with E-state index in [1.807, 2.05) is 29.2 Å². The van der Waals surface area contributed by atoms with Gasteiger partial charge in [-0.3, -0.25) is 9.69 Å². The fourth-order valence-corrected chi connectivity index (χ4v) is 4.16. The van der Waals surface area contributed by atoms with E-state index in [0.29, 0.717) is 18.7 Å². The van der Waals surface area contributed by atoms with Gasteiger partial charge in [0.25, 0.3) is 0 Å². The number of hydrogen-bond donors (Lipinski definition) is 0. The van der Waals surface area contributed by atoms with Crippen molar-refractivity contribution >= 4 is 12.0 Å². The van der Waals surface area contributed by atoms with Crippen molar-refractivity contribution in [2.75, 3.05) is 20.1 Å². The van der Waals surface area contributed by atoms with E-state index >= 15 is 0 Å². The number of nitrogens with zero attached hydrogens (tertiary/aromatic N) is 2. The molecule has 1 unspecified atom stereocenters. The number of amides is 1. The number of carbonyl (C=O) groups excluding carboxylic acids is 1. The van der Waals surface area contributed by atoms with E-state index in [9.17, 15) is 9.18 Å². The molecule has 0 bridgehead atoms. The van der Waals surface area contributed by atoms with Crippen molar-refractivity contribution in [2.45, 2.75) is 38.5 Å². The van der Waals surface area contributed by atoms with Crippen molar-refractivity contribution in [3.8, 4) is 5.75 Å². The molecular formula is C28H31FN2O3. The highest BCUT2D eigenvalue weighted by Gasteiger charge is 2.23. The molecule has 0 aliphatic carbocycles. The summed E-state index contributed by atoms with van der Waals surface area (Å²) in [5.74, 6) is 1.43. The predicted octanol–water partition coefficient (Wildman–Crippen LogP) is 5.69. The van der Waals surface area contributed by atoms with Crippen LogP contribution in [0.25, 0.3) is 6.08 Å². The molecule has 1 aromatic heterocycles. The molecule has 2 aromatic carbocycles. The smallest absolute Gasteiger partial charge is 0.246 e. The Balaban J connectivity index is 1.26. The first kappa shape index (κ1) is 23.8. The third-order valence-electron chi connectivity index (χ3n) is 6.27. The van der Waals surface area contributed by atoms with Gasteiger partial charge < -0.3 is 14.1 Å². The Morgan fingerprint density at radius 3 is 2.71 bits per heavy atom. The maximum absolute atomic E-state index is 13.3. The number of carbonyl (C=O) groups is 1. The second-order valence-corrected chi connectivity index (χ2v) is 8.78. The Morgan fingerprint density at radius 1 is 1.18 bits per heavy atom. The highest BCUT2D eigenvalue weighted by molar-refractivity contribution is 5.91. The molecule has 1 aliphatic rings. The molecule has 5 nitrogen and oxygen atoms in total. The first-order valence-electron chi connectivity index (χ1n) is 11.7. The van der Waals surface area contributed by atoms with E-state index in [1.165, 1.54) is 23.8 Å². The second kappa shape index (κ2) is 11.2. The van der Waals surface area contributed by atoms with Gasteiger partial charge in [0.05, 0.1) is 12.3 Å². The van der Waals surface area contributed by atoms with Crippen LogP contribution < -0.4 is 4.74 Å². The summed E-state index contributed by atoms with van der Waals surface area (Å²) in [6, 6.07) is 18.5. The molecule has 0 saturated carbocycles. The molecule has 1 aliphatic heterocycles. The van der Waals surface area contributed by atoms with Crippen LogP contribution in [0, 0.1) is 5.82 Å². The minimum Gasteiger partial charge on any atom is -0.490 e. The van der Waals surface area contributed by atoms with Crippen LogP contribution >= 0.6 is 0 Å². The van der Waals surface area contributed by atoms with Gasteiger partial charge in [-0.05, 0) is 67.6 Å². The van der Waals surface area contributed by atoms with Crippen LogP contribution in [0.2, 0.25) is 0 Å². The van der Waals surface area contributed by atoms with Gasteiger partial charge in [-0.15, -0.1) is 0 Å². The van der Waals surface area contributed by atoms with Crippen LogP contribution in [0.5, 0.6) is 5.75 Å². The minimum absolute atomic E-state index is 0.0570. The molecule has 3 aromatic rings. The summed E-state index contributed by atoms with van der Waals surface area (Å²) in [7, 11) is 2.08. The van der Waals surface area contributed by atoms with Crippen molar-refractivity contribution in [3.05, 3.63) is 95.7 Å². The fraction of sp³-hybridized carbons (Fsp3) is 0.321. The predicted molar refractivity (Wildman–Crippen MR) is 131 cm³/mol. The zero-order valence-electron chi connectivity index (χ0n) is 19.7. The molecule has 1 fully saturated rings. The Bertz CT molecular complexity index is 1100. The third kappa shape index (κ3) is 6.35. The van der Waals surface area contributed by atoms with E-state index in [0.717, 1.165) is 30.9 Å². The zero-order chi connectivity index (χ0) is 23.9. The lowest BCUT2D eigenvalue weighted by Gasteiger charge is -2.31. The monoisotopic (exact) mass is 462 g/mol. The van der Waals surface area contributed by atoms with Crippen LogP contribution in [0.3, 0.4) is 0 Å². The lowest BCUT2D eigenvalue weighted by Crippen LogP contribution is -2.41. The Labute approximate surface area is 200 Å². The largest absolute Gasteiger partial charge is 0.490 e. The molecule has 1 saturated heterocycles. The summed E-state index contributed by atoms with van der Waals surface area (Å²) in [4.78, 5) is 16.6. The number of furan rings is 1. The molecule has 2 heterocycles. The number of hydrogen-bond acceptors (Lipinski definition) is 4. The SMILES string of the molecule is CC(c1ccco1)N(C)Cc1cccc(OC2CCN(C(=O)/C=C/c3cccc(F)c3)CC2)c1. The number of likely N-dealkylation sites (tertiary alicyclic amines) is 1. The molecule has 0 N–H and O–H groups in total. The molecule has 0 spiro atoms. The topological polar surface area (TPSA) is 45.9 Å². The lowest BCUT2D eigenvalue weighted by molar-refractivity contribution is -0.127. The van der Waals surface area contributed by atoms with Gasteiger partial charge in [-0.25, -0.2) is 4.39 Å². The Hall–Kier alpha value is -3.38. The summed E-state index contributed by atoms with van der Waals surface area (Å²) in [5.41, 5.74) is 1.85. The number of benzene rings is 2. The van der Waals surface area contributed by atoms with Gasteiger partial charge in [-0.1, -0.05) is 24.3 Å². The zero-order valence-corrected chi connectivity index (χ0v) is 19.7. The Morgan fingerprint density at radius 2 is 1.97 bits per heavy atom. The molecule has 1 atom stereocenters. The second-order valence-electron chi connectivity index (χ2n) is 8.78. The molecule has 4 rings (SSSR count). The summed E-state index contributed by atoms with van der Waals surface area (Å²) in [6.45, 7) is 4.19. The standard InChI is InChI=1S/C28H31FN2O3/c1-21(27-10-5-17-33-27)30(2)20-23-7-4-9-26(19-23)34-25-13-15-31(16-14-25)28(32)12-11-22-6-3-8-24(29)18-22/h3-12,17-19,21,25H,13-16,20H2,1-2H3/b12-11+. The average Bonchev–Trinajstić information content (AvgIpc) is 3.38. The first-order valence-corrected chi connectivity index (χ1v) is 11.7. The number of ether oxygens (including phenoxy) is 1. The highest BCUT2D eigenvalue weighted by Crippen LogP contribution is 2.24. The normalized spacial score (nSPS) is 15.7. The van der Waals surface area contributed by atoms with Gasteiger partial charge in [0.15, 0.2) is 0 Å². The van der Waals surface area contributed by atoms with Crippen molar-refractivity contribution in [1.29, 1.82) is 0 Å². The molecule has 6 heteroatoms. The van der Waals surface area contributed by atoms with Gasteiger partial charge in [0, 0.05) is 38.6 Å². The summed E-state index contributed by atoms with van der Waals surface area (Å²) in [6.07, 6.45) is 6.50. The van der Waals surface area contributed by atoms with Gasteiger partial charge in [0.2, 0.25) is 5.91 Å². The van der Waals surface area contributed by atoms with Crippen LogP contribution in [0.4, 0.5) is 4.39 Å². The Kier molecular flexibility index (Phi) is 7.80. The number of halogens is 1. The first-order chi connectivity index (χ1) is 16.5. The maximum atomic E-state index is 13.3. The van der Waals surface area contributed by atoms with E-state index in [2.05, 4.69) is 31.0 Å². The summed E-state index contributed by atoms with van der Waals surface area (Å²) in [5, 5.41) is 0. The van der Waals surface area contributed by atoms with Crippen LogP contribution in [0.15, 0.2) is 77.4 Å². The molecule has 1 amide bonds. The van der Waals surface area contributed by atoms with Gasteiger partial charge in [0.1, 0.15) is 23.4 Å². The van der Waals surface area contributed by atoms with Gasteiger partial charge in [-0.2, -0.15) is 0 Å². The van der Waals surface area contributed by atoms with Crippen molar-refractivity contribution in [3.63, 3.8) is 0 Å².